The first kappa shape index (κ1) is 28.3. The Labute approximate surface area is 239 Å². The molecular weight excluding hydrogens is 522 g/mol. The minimum absolute atomic E-state index is 0.150. The van der Waals surface area contributed by atoms with Crippen molar-refractivity contribution in [2.75, 3.05) is 31.7 Å². The van der Waals surface area contributed by atoms with E-state index in [9.17, 15) is 9.59 Å². The summed E-state index contributed by atoms with van der Waals surface area (Å²) in [7, 11) is 1.71. The molecule has 0 spiro atoms. The lowest BCUT2D eigenvalue weighted by molar-refractivity contribution is 0.0952. The highest BCUT2D eigenvalue weighted by Crippen LogP contribution is 2.21. The van der Waals surface area contributed by atoms with Crippen LogP contribution >= 0.6 is 12.2 Å². The van der Waals surface area contributed by atoms with Crippen molar-refractivity contribution in [3.05, 3.63) is 126 Å². The van der Waals surface area contributed by atoms with Crippen LogP contribution in [-0.4, -0.2) is 43.7 Å². The molecule has 0 aliphatic heterocycles. The molecular formula is C32H31N3O4S. The van der Waals surface area contributed by atoms with E-state index in [-0.39, 0.29) is 17.6 Å². The van der Waals surface area contributed by atoms with Crippen molar-refractivity contribution in [3.63, 3.8) is 0 Å². The number of para-hydroxylation sites is 3. The van der Waals surface area contributed by atoms with Crippen molar-refractivity contribution in [3.8, 4) is 11.5 Å². The largest absolute Gasteiger partial charge is 0.490 e. The molecule has 0 fully saturated rings. The molecule has 8 heteroatoms. The SMILES string of the molecule is CN(C(=S)NC(=O)c1ccccc1OCCOc1ccccc1)c1ccccc1C(=O)NCCc1ccccc1. The highest BCUT2D eigenvalue weighted by Gasteiger charge is 2.19. The maximum absolute atomic E-state index is 13.1. The number of nitrogens with one attached hydrogen (secondary N) is 2. The van der Waals surface area contributed by atoms with Gasteiger partial charge in [0.2, 0.25) is 0 Å². The van der Waals surface area contributed by atoms with Crippen LogP contribution in [0, 0.1) is 0 Å². The number of thiocarbonyl (C=S) groups is 1. The first-order valence-corrected chi connectivity index (χ1v) is 13.3. The van der Waals surface area contributed by atoms with Crippen LogP contribution < -0.4 is 25.0 Å². The summed E-state index contributed by atoms with van der Waals surface area (Å²) in [5.41, 5.74) is 2.51. The molecule has 0 unspecified atom stereocenters. The Morgan fingerprint density at radius 1 is 0.725 bits per heavy atom. The molecule has 4 rings (SSSR count). The normalized spacial score (nSPS) is 10.3. The summed E-state index contributed by atoms with van der Waals surface area (Å²) in [6.45, 7) is 1.08. The first-order valence-electron chi connectivity index (χ1n) is 12.9. The van der Waals surface area contributed by atoms with Gasteiger partial charge in [0.1, 0.15) is 24.7 Å². The highest BCUT2D eigenvalue weighted by atomic mass is 32.1. The Kier molecular flexibility index (Phi) is 10.2. The molecule has 204 valence electrons. The van der Waals surface area contributed by atoms with Crippen molar-refractivity contribution in [1.29, 1.82) is 0 Å². The van der Waals surface area contributed by atoms with Gasteiger partial charge in [0.05, 0.1) is 16.8 Å². The van der Waals surface area contributed by atoms with Crippen molar-refractivity contribution in [2.24, 2.45) is 0 Å². The van der Waals surface area contributed by atoms with Gasteiger partial charge in [0.25, 0.3) is 11.8 Å². The Bertz CT molecular complexity index is 1430. The molecule has 0 saturated carbocycles. The smallest absolute Gasteiger partial charge is 0.261 e. The highest BCUT2D eigenvalue weighted by molar-refractivity contribution is 7.80. The second-order valence-corrected chi connectivity index (χ2v) is 9.22. The topological polar surface area (TPSA) is 79.9 Å². The number of rotatable bonds is 11. The molecule has 0 aliphatic carbocycles. The molecule has 7 nitrogen and oxygen atoms in total. The second kappa shape index (κ2) is 14.5. The molecule has 0 saturated heterocycles. The Morgan fingerprint density at radius 3 is 2.08 bits per heavy atom. The number of amides is 2. The number of carbonyl (C=O) groups excluding carboxylic acids is 2. The Hall–Kier alpha value is -4.69. The summed E-state index contributed by atoms with van der Waals surface area (Å²) in [6.07, 6.45) is 0.721. The van der Waals surface area contributed by atoms with Crippen molar-refractivity contribution in [2.45, 2.75) is 6.42 Å². The predicted octanol–water partition coefficient (Wildman–Crippen LogP) is 5.27. The number of ether oxygens (including phenoxy) is 2. The third kappa shape index (κ3) is 7.91. The summed E-state index contributed by atoms with van der Waals surface area (Å²) in [5, 5.41) is 5.87. The van der Waals surface area contributed by atoms with E-state index >= 15 is 0 Å². The molecule has 0 aliphatic rings. The van der Waals surface area contributed by atoms with E-state index in [1.165, 1.54) is 0 Å². The molecule has 40 heavy (non-hydrogen) atoms. The zero-order chi connectivity index (χ0) is 28.2. The standard InChI is InChI=1S/C32H31N3O4S/c1-35(28-18-10-8-16-26(28)30(36)33-21-20-24-12-4-2-5-13-24)32(40)34-31(37)27-17-9-11-19-29(27)39-23-22-38-25-14-6-3-7-15-25/h2-19H,20-23H2,1H3,(H,33,36)(H,34,37,40). The Balaban J connectivity index is 1.34. The molecule has 0 atom stereocenters. The van der Waals surface area contributed by atoms with Gasteiger partial charge >= 0.3 is 0 Å². The predicted molar refractivity (Wildman–Crippen MR) is 161 cm³/mol. The van der Waals surface area contributed by atoms with E-state index < -0.39 is 5.91 Å². The zero-order valence-corrected chi connectivity index (χ0v) is 23.0. The van der Waals surface area contributed by atoms with Gasteiger partial charge in [-0.05, 0) is 60.6 Å². The van der Waals surface area contributed by atoms with Crippen LogP contribution in [0.3, 0.4) is 0 Å². The molecule has 0 radical (unpaired) electrons. The summed E-state index contributed by atoms with van der Waals surface area (Å²) in [4.78, 5) is 27.7. The van der Waals surface area contributed by atoms with E-state index in [1.54, 1.807) is 54.4 Å². The summed E-state index contributed by atoms with van der Waals surface area (Å²) in [6, 6.07) is 33.5. The summed E-state index contributed by atoms with van der Waals surface area (Å²) in [5.74, 6) is 0.529. The average Bonchev–Trinajstić information content (AvgIpc) is 3.00. The molecule has 4 aromatic carbocycles. The van der Waals surface area contributed by atoms with Crippen LogP contribution in [0.25, 0.3) is 0 Å². The van der Waals surface area contributed by atoms with E-state index in [0.29, 0.717) is 35.7 Å². The number of hydrogen-bond donors (Lipinski definition) is 2. The van der Waals surface area contributed by atoms with Gasteiger partial charge in [0.15, 0.2) is 5.11 Å². The van der Waals surface area contributed by atoms with Crippen LogP contribution in [-0.2, 0) is 6.42 Å². The maximum Gasteiger partial charge on any atom is 0.261 e. The van der Waals surface area contributed by atoms with Crippen LogP contribution in [0.1, 0.15) is 26.3 Å². The fourth-order valence-corrected chi connectivity index (χ4v) is 4.18. The monoisotopic (exact) mass is 553 g/mol. The van der Waals surface area contributed by atoms with Crippen molar-refractivity contribution >= 4 is 34.8 Å². The van der Waals surface area contributed by atoms with Crippen LogP contribution in [0.5, 0.6) is 11.5 Å². The summed E-state index contributed by atoms with van der Waals surface area (Å²) < 4.78 is 11.5. The number of carbonyl (C=O) groups is 2. The molecule has 0 bridgehead atoms. The first-order chi connectivity index (χ1) is 19.5. The number of nitrogens with zero attached hydrogens (tertiary/aromatic N) is 1. The number of anilines is 1. The zero-order valence-electron chi connectivity index (χ0n) is 22.2. The van der Waals surface area contributed by atoms with Gasteiger partial charge in [-0.3, -0.25) is 14.9 Å². The lowest BCUT2D eigenvalue weighted by Gasteiger charge is -2.23. The third-order valence-electron chi connectivity index (χ3n) is 6.06. The lowest BCUT2D eigenvalue weighted by Crippen LogP contribution is -2.41. The minimum Gasteiger partial charge on any atom is -0.490 e. The maximum atomic E-state index is 13.1. The van der Waals surface area contributed by atoms with Gasteiger partial charge in [-0.25, -0.2) is 0 Å². The fourth-order valence-electron chi connectivity index (χ4n) is 3.98. The van der Waals surface area contributed by atoms with Crippen molar-refractivity contribution < 1.29 is 19.1 Å². The fraction of sp³-hybridized carbons (Fsp3) is 0.156. The van der Waals surface area contributed by atoms with Gasteiger partial charge in [-0.15, -0.1) is 0 Å². The van der Waals surface area contributed by atoms with Gasteiger partial charge < -0.3 is 19.7 Å². The molecule has 4 aromatic rings. The van der Waals surface area contributed by atoms with E-state index in [1.807, 2.05) is 66.7 Å². The third-order valence-corrected chi connectivity index (χ3v) is 6.44. The number of hydrogen-bond acceptors (Lipinski definition) is 5. The van der Waals surface area contributed by atoms with Crippen LogP contribution in [0.2, 0.25) is 0 Å². The van der Waals surface area contributed by atoms with Gasteiger partial charge in [0, 0.05) is 13.6 Å². The Morgan fingerprint density at radius 2 is 1.32 bits per heavy atom. The van der Waals surface area contributed by atoms with Gasteiger partial charge in [-0.2, -0.15) is 0 Å². The van der Waals surface area contributed by atoms with E-state index in [4.69, 9.17) is 21.7 Å². The van der Waals surface area contributed by atoms with Gasteiger partial charge in [-0.1, -0.05) is 72.8 Å². The molecule has 2 amide bonds. The minimum atomic E-state index is -0.416. The second-order valence-electron chi connectivity index (χ2n) is 8.83. The van der Waals surface area contributed by atoms with Crippen LogP contribution in [0.4, 0.5) is 5.69 Å². The summed E-state index contributed by atoms with van der Waals surface area (Å²) >= 11 is 5.54. The number of benzene rings is 4. The molecule has 2 N–H and O–H groups in total. The van der Waals surface area contributed by atoms with Crippen molar-refractivity contribution in [1.82, 2.24) is 10.6 Å². The molecule has 0 aromatic heterocycles. The van der Waals surface area contributed by atoms with E-state index in [2.05, 4.69) is 10.6 Å². The lowest BCUT2D eigenvalue weighted by atomic mass is 10.1. The van der Waals surface area contributed by atoms with Crippen LogP contribution in [0.15, 0.2) is 109 Å². The average molecular weight is 554 g/mol. The van der Waals surface area contributed by atoms with E-state index in [0.717, 1.165) is 17.7 Å². The quantitative estimate of drug-likeness (QED) is 0.195. The molecule has 0 heterocycles.